The van der Waals surface area contributed by atoms with Crippen molar-refractivity contribution in [3.05, 3.63) is 59.7 Å². The van der Waals surface area contributed by atoms with Crippen molar-refractivity contribution in [1.82, 2.24) is 0 Å². The maximum atomic E-state index is 5.66. The molecule has 0 unspecified atom stereocenters. The van der Waals surface area contributed by atoms with Crippen molar-refractivity contribution >= 4 is 11.6 Å². The molecule has 0 N–H and O–H groups in total. The number of terminal acetylenes is 1. The fraction of sp³-hybridized carbons (Fsp3) is 0.333. The average Bonchev–Trinajstić information content (AvgIpc) is 2.61. The highest BCUT2D eigenvalue weighted by atomic mass is 35.5. The lowest BCUT2D eigenvalue weighted by molar-refractivity contribution is 0.318. The summed E-state index contributed by atoms with van der Waals surface area (Å²) >= 11 is 5.66. The zero-order valence-corrected chi connectivity index (χ0v) is 15.0. The number of alkyl halides is 1. The summed E-state index contributed by atoms with van der Waals surface area (Å²) in [6, 6.07) is 16.3. The van der Waals surface area contributed by atoms with Crippen LogP contribution in [-0.2, 0) is 5.41 Å². The highest BCUT2D eigenvalue weighted by molar-refractivity contribution is 6.17. The Kier molecular flexibility index (Phi) is 6.58. The molecule has 2 nitrogen and oxygen atoms in total. The fourth-order valence-corrected chi connectivity index (χ4v) is 2.58. The van der Waals surface area contributed by atoms with E-state index in [0.717, 1.165) is 17.9 Å². The summed E-state index contributed by atoms with van der Waals surface area (Å²) in [5.41, 5.74) is 2.33. The highest BCUT2D eigenvalue weighted by Crippen LogP contribution is 2.33. The quantitative estimate of drug-likeness (QED) is 0.380. The van der Waals surface area contributed by atoms with Gasteiger partial charge in [0.1, 0.15) is 18.1 Å². The third kappa shape index (κ3) is 4.69. The van der Waals surface area contributed by atoms with Crippen LogP contribution >= 0.6 is 11.6 Å². The van der Waals surface area contributed by atoms with Gasteiger partial charge < -0.3 is 9.47 Å². The zero-order valence-electron chi connectivity index (χ0n) is 14.2. The van der Waals surface area contributed by atoms with Crippen LogP contribution < -0.4 is 9.47 Å². The third-order valence-electron chi connectivity index (χ3n) is 4.02. The zero-order chi connectivity index (χ0) is 17.4. The van der Waals surface area contributed by atoms with E-state index in [1.807, 2.05) is 24.3 Å². The van der Waals surface area contributed by atoms with Crippen molar-refractivity contribution in [2.45, 2.75) is 25.7 Å². The molecular formula is C21H23ClO2. The Morgan fingerprint density at radius 1 is 0.917 bits per heavy atom. The van der Waals surface area contributed by atoms with Crippen LogP contribution in [0.15, 0.2) is 48.5 Å². The molecule has 0 saturated heterocycles. The number of benzene rings is 2. The fourth-order valence-electron chi connectivity index (χ4n) is 2.47. The molecule has 0 fully saturated rings. The maximum Gasteiger partial charge on any atom is 0.148 e. The normalized spacial score (nSPS) is 10.9. The van der Waals surface area contributed by atoms with E-state index in [-0.39, 0.29) is 12.0 Å². The lowest BCUT2D eigenvalue weighted by Crippen LogP contribution is -2.18. The van der Waals surface area contributed by atoms with Crippen molar-refractivity contribution in [3.63, 3.8) is 0 Å². The molecule has 2 aromatic carbocycles. The minimum atomic E-state index is -0.112. The van der Waals surface area contributed by atoms with Gasteiger partial charge in [0.15, 0.2) is 0 Å². The van der Waals surface area contributed by atoms with Crippen LogP contribution in [0, 0.1) is 12.3 Å². The molecule has 0 aliphatic carbocycles. The lowest BCUT2D eigenvalue weighted by atomic mass is 9.78. The van der Waals surface area contributed by atoms with Crippen LogP contribution in [0.5, 0.6) is 11.5 Å². The van der Waals surface area contributed by atoms with Crippen LogP contribution in [-0.4, -0.2) is 19.1 Å². The molecule has 0 aliphatic heterocycles. The van der Waals surface area contributed by atoms with Crippen LogP contribution in [0.4, 0.5) is 0 Å². The van der Waals surface area contributed by atoms with Gasteiger partial charge in [0.25, 0.3) is 0 Å². The van der Waals surface area contributed by atoms with Crippen LogP contribution in [0.25, 0.3) is 0 Å². The summed E-state index contributed by atoms with van der Waals surface area (Å²) in [6.07, 6.45) is 6.06. The topological polar surface area (TPSA) is 18.5 Å². The highest BCUT2D eigenvalue weighted by Gasteiger charge is 2.23. The molecule has 24 heavy (non-hydrogen) atoms. The Balaban J connectivity index is 2.10. The molecule has 126 valence electrons. The number of hydrogen-bond acceptors (Lipinski definition) is 2. The van der Waals surface area contributed by atoms with Crippen LogP contribution in [0.2, 0.25) is 0 Å². The van der Waals surface area contributed by atoms with E-state index in [0.29, 0.717) is 12.5 Å². The van der Waals surface area contributed by atoms with E-state index in [1.54, 1.807) is 0 Å². The van der Waals surface area contributed by atoms with E-state index < -0.39 is 0 Å². The number of hydrogen-bond donors (Lipinski definition) is 0. The first-order valence-corrected chi connectivity index (χ1v) is 8.57. The summed E-state index contributed by atoms with van der Waals surface area (Å²) in [4.78, 5) is 0. The van der Waals surface area contributed by atoms with Gasteiger partial charge in [0.2, 0.25) is 0 Å². The predicted molar refractivity (Wildman–Crippen MR) is 100 cm³/mol. The van der Waals surface area contributed by atoms with Crippen molar-refractivity contribution in [2.24, 2.45) is 0 Å². The molecule has 0 aliphatic rings. The molecule has 0 aromatic heterocycles. The minimum absolute atomic E-state index is 0.112. The van der Waals surface area contributed by atoms with E-state index in [9.17, 15) is 0 Å². The molecule has 0 amide bonds. The van der Waals surface area contributed by atoms with Gasteiger partial charge in [-0.25, -0.2) is 0 Å². The van der Waals surface area contributed by atoms with E-state index >= 15 is 0 Å². The van der Waals surface area contributed by atoms with Crippen molar-refractivity contribution < 1.29 is 9.47 Å². The molecule has 0 heterocycles. The molecule has 3 heteroatoms. The predicted octanol–water partition coefficient (Wildman–Crippen LogP) is 5.03. The van der Waals surface area contributed by atoms with Gasteiger partial charge in [-0.3, -0.25) is 0 Å². The third-order valence-corrected chi connectivity index (χ3v) is 4.29. The summed E-state index contributed by atoms with van der Waals surface area (Å²) in [6.45, 7) is 5.33. The van der Waals surface area contributed by atoms with Gasteiger partial charge >= 0.3 is 0 Å². The molecule has 0 bridgehead atoms. The van der Waals surface area contributed by atoms with E-state index in [4.69, 9.17) is 27.5 Å². The molecule has 0 saturated carbocycles. The summed E-state index contributed by atoms with van der Waals surface area (Å²) in [5.74, 6) is 4.75. The second-order valence-electron chi connectivity index (χ2n) is 6.06. The largest absolute Gasteiger partial charge is 0.494 e. The number of ether oxygens (including phenoxy) is 2. The van der Waals surface area contributed by atoms with Gasteiger partial charge in [0, 0.05) is 11.3 Å². The van der Waals surface area contributed by atoms with Crippen LogP contribution in [0.3, 0.4) is 0 Å². The summed E-state index contributed by atoms with van der Waals surface area (Å²) in [5, 5.41) is 0. The molecular weight excluding hydrogens is 320 g/mol. The van der Waals surface area contributed by atoms with Gasteiger partial charge in [0.05, 0.1) is 6.61 Å². The molecule has 0 atom stereocenters. The average molecular weight is 343 g/mol. The van der Waals surface area contributed by atoms with Crippen LogP contribution in [0.1, 0.15) is 31.4 Å². The second kappa shape index (κ2) is 8.66. The Morgan fingerprint density at radius 3 is 1.88 bits per heavy atom. The smallest absolute Gasteiger partial charge is 0.148 e. The van der Waals surface area contributed by atoms with Gasteiger partial charge in [-0.1, -0.05) is 44.0 Å². The molecule has 2 aromatic rings. The number of halogens is 1. The molecule has 0 spiro atoms. The van der Waals surface area contributed by atoms with Gasteiger partial charge in [-0.15, -0.1) is 18.0 Å². The summed E-state index contributed by atoms with van der Waals surface area (Å²) < 4.78 is 11.1. The molecule has 0 radical (unpaired) electrons. The Hall–Kier alpha value is -2.11. The van der Waals surface area contributed by atoms with Gasteiger partial charge in [-0.05, 0) is 41.8 Å². The number of rotatable bonds is 8. The molecule has 2 rings (SSSR count). The first-order chi connectivity index (χ1) is 11.6. The first-order valence-electron chi connectivity index (χ1n) is 8.04. The SMILES string of the molecule is C#CCOc1ccc(C(C)(C)c2ccc(OCCCCl)cc2)cc1. The Bertz CT molecular complexity index is 666. The van der Waals surface area contributed by atoms with Crippen molar-refractivity contribution in [1.29, 1.82) is 0 Å². The Morgan fingerprint density at radius 2 is 1.42 bits per heavy atom. The first kappa shape index (κ1) is 18.2. The van der Waals surface area contributed by atoms with Crippen molar-refractivity contribution in [3.8, 4) is 23.8 Å². The standard InChI is InChI=1S/C21H23ClO2/c1-4-15-23-19-10-6-17(7-11-19)21(2,3)18-8-12-20(13-9-18)24-16-5-14-22/h1,6-13H,5,14-16H2,2-3H3. The van der Waals surface area contributed by atoms with Crippen molar-refractivity contribution in [2.75, 3.05) is 19.1 Å². The summed E-state index contributed by atoms with van der Waals surface area (Å²) in [7, 11) is 0. The monoisotopic (exact) mass is 342 g/mol. The second-order valence-corrected chi connectivity index (χ2v) is 6.44. The minimum Gasteiger partial charge on any atom is -0.494 e. The maximum absolute atomic E-state index is 5.66. The van der Waals surface area contributed by atoms with E-state index in [1.165, 1.54) is 11.1 Å². The van der Waals surface area contributed by atoms with E-state index in [2.05, 4.69) is 44.0 Å². The Labute approximate surface area is 149 Å². The lowest BCUT2D eigenvalue weighted by Gasteiger charge is -2.26. The van der Waals surface area contributed by atoms with Gasteiger partial charge in [-0.2, -0.15) is 0 Å².